The minimum atomic E-state index is -5.35. The predicted molar refractivity (Wildman–Crippen MR) is 146 cm³/mol. The summed E-state index contributed by atoms with van der Waals surface area (Å²) in [7, 11) is -15.9. The number of ether oxygens (including phenoxy) is 1. The van der Waals surface area contributed by atoms with Crippen molar-refractivity contribution in [1.29, 1.82) is 0 Å². The average molecular weight is 700 g/mol. The number of nitrogens with zero attached hydrogens (tertiary/aromatic N) is 1. The second-order valence-corrected chi connectivity index (χ2v) is 13.0. The molecule has 5 aromatic rings. The van der Waals surface area contributed by atoms with E-state index in [1.165, 1.54) is 12.3 Å². The van der Waals surface area contributed by atoms with Crippen LogP contribution in [0.1, 0.15) is 5.56 Å². The van der Waals surface area contributed by atoms with Gasteiger partial charge >= 0.3 is 88.7 Å². The quantitative estimate of drug-likeness (QED) is 0.0383. The van der Waals surface area contributed by atoms with Crippen LogP contribution in [0.3, 0.4) is 0 Å². The van der Waals surface area contributed by atoms with Crippen molar-refractivity contribution < 1.29 is 137 Å². The number of rotatable bonds is 8. The second kappa shape index (κ2) is 14.8. The Morgan fingerprint density at radius 2 is 1.13 bits per heavy atom. The van der Waals surface area contributed by atoms with Crippen LogP contribution in [0.2, 0.25) is 0 Å². The molecular formula is C25H16N3Na3O11S3. The van der Waals surface area contributed by atoms with Crippen LogP contribution in [0.5, 0.6) is 5.75 Å². The van der Waals surface area contributed by atoms with Gasteiger partial charge in [-0.05, 0) is 35.9 Å². The van der Waals surface area contributed by atoms with Crippen LogP contribution in [0.15, 0.2) is 80.5 Å². The van der Waals surface area contributed by atoms with Crippen LogP contribution in [0.4, 0.5) is 5.69 Å². The molecule has 0 unspecified atom stereocenters. The number of hydrogen-bond acceptors (Lipinski definition) is 13. The first-order chi connectivity index (χ1) is 19.6. The van der Waals surface area contributed by atoms with Crippen LogP contribution >= 0.6 is 0 Å². The fraction of sp³-hybridized carbons (Fsp3) is 0.0400. The SMILES string of the molecule is Nc1ccc(/C=N\NC(=O)COc2cc(S(=O)(=O)[O-])c3ccc4c(S(=O)(=O)[O-])cc(S(=O)(=O)[O-])c5ccc2c3c54)cc1.[Na+].[Na+].[Na+]. The molecule has 1 amide bonds. The summed E-state index contributed by atoms with van der Waals surface area (Å²) in [6.45, 7) is -0.734. The zero-order valence-electron chi connectivity index (χ0n) is 23.8. The number of amides is 1. The third-order valence-corrected chi connectivity index (χ3v) is 8.88. The third-order valence-electron chi connectivity index (χ3n) is 6.25. The van der Waals surface area contributed by atoms with Crippen LogP contribution in [-0.4, -0.2) is 57.6 Å². The number of carbonyl (C=O) groups excluding carboxylic acids is 1. The Hall–Kier alpha value is -1.39. The number of nitrogen functional groups attached to an aromatic ring is 1. The summed E-state index contributed by atoms with van der Waals surface area (Å²) in [6, 6.07) is 12.3. The second-order valence-electron chi connectivity index (χ2n) is 8.93. The van der Waals surface area contributed by atoms with E-state index in [1.807, 2.05) is 0 Å². The van der Waals surface area contributed by atoms with E-state index in [0.717, 1.165) is 24.3 Å². The molecule has 14 nitrogen and oxygen atoms in total. The van der Waals surface area contributed by atoms with Gasteiger partial charge in [0.15, 0.2) is 6.61 Å². The molecule has 3 N–H and O–H groups in total. The van der Waals surface area contributed by atoms with E-state index in [0.29, 0.717) is 17.3 Å². The molecule has 5 aromatic carbocycles. The van der Waals surface area contributed by atoms with Crippen molar-refractivity contribution >= 4 is 80.5 Å². The first-order valence-electron chi connectivity index (χ1n) is 11.5. The Labute approximate surface area is 323 Å². The molecule has 0 bridgehead atoms. The van der Waals surface area contributed by atoms with Crippen molar-refractivity contribution in [1.82, 2.24) is 5.43 Å². The minimum Gasteiger partial charge on any atom is -0.744 e. The first-order valence-corrected chi connectivity index (χ1v) is 15.7. The Kier molecular flexibility index (Phi) is 13.1. The fourth-order valence-corrected chi connectivity index (χ4v) is 6.71. The Bertz CT molecular complexity index is 2230. The largest absolute Gasteiger partial charge is 1.00 e. The molecule has 45 heavy (non-hydrogen) atoms. The van der Waals surface area contributed by atoms with Crippen molar-refractivity contribution in [2.24, 2.45) is 5.10 Å². The molecule has 0 saturated heterocycles. The number of hydrogen-bond donors (Lipinski definition) is 2. The summed E-state index contributed by atoms with van der Waals surface area (Å²) >= 11 is 0. The van der Waals surface area contributed by atoms with Gasteiger partial charge in [0.05, 0.1) is 20.9 Å². The van der Waals surface area contributed by atoms with Gasteiger partial charge in [0.2, 0.25) is 0 Å². The molecule has 20 heteroatoms. The van der Waals surface area contributed by atoms with Gasteiger partial charge in [-0.3, -0.25) is 4.79 Å². The van der Waals surface area contributed by atoms with Gasteiger partial charge in [-0.2, -0.15) is 5.10 Å². The minimum absolute atomic E-state index is 0. The summed E-state index contributed by atoms with van der Waals surface area (Å²) in [5, 5.41) is 2.39. The molecule has 218 valence electrons. The van der Waals surface area contributed by atoms with Gasteiger partial charge in [0, 0.05) is 38.0 Å². The first kappa shape index (κ1) is 39.8. The average Bonchev–Trinajstić information content (AvgIpc) is 2.89. The summed E-state index contributed by atoms with van der Waals surface area (Å²) in [5.41, 5.74) is 8.94. The van der Waals surface area contributed by atoms with Crippen molar-refractivity contribution in [3.05, 3.63) is 66.2 Å². The standard InChI is InChI=1S/C25H19N3O11S3.3Na/c26-14-3-1-13(2-4-14)11-27-28-23(29)12-39-19-9-20(40(30,31)32)16-7-8-18-22(42(36,37)38)10-21(41(33,34)35)17-6-5-15(19)24(16)25(17)18;;;/h1-11H,12,26H2,(H,28,29)(H,30,31,32)(H,33,34,35)(H,36,37,38);;;/q;3*+1/p-3/b27-11-;;;. The number of carbonyl (C=O) groups is 1. The van der Waals surface area contributed by atoms with E-state index in [9.17, 15) is 43.7 Å². The molecule has 0 aliphatic rings. The molecule has 0 aliphatic carbocycles. The van der Waals surface area contributed by atoms with Crippen molar-refractivity contribution in [3.63, 3.8) is 0 Å². The summed E-state index contributed by atoms with van der Waals surface area (Å²) in [5.74, 6) is -1.12. The van der Waals surface area contributed by atoms with Gasteiger partial charge in [-0.25, -0.2) is 30.7 Å². The number of nitrogens with one attached hydrogen (secondary N) is 1. The number of anilines is 1. The number of hydrazone groups is 1. The monoisotopic (exact) mass is 699 g/mol. The molecule has 5 rings (SSSR count). The van der Waals surface area contributed by atoms with Crippen molar-refractivity contribution in [2.45, 2.75) is 14.7 Å². The number of benzene rings is 5. The molecule has 0 aromatic heterocycles. The molecule has 0 radical (unpaired) electrons. The summed E-state index contributed by atoms with van der Waals surface area (Å²) in [4.78, 5) is 9.43. The molecule has 0 saturated carbocycles. The number of nitrogens with two attached hydrogens (primary N) is 1. The Morgan fingerprint density at radius 3 is 1.60 bits per heavy atom. The Morgan fingerprint density at radius 1 is 0.711 bits per heavy atom. The molecule has 0 fully saturated rings. The van der Waals surface area contributed by atoms with Crippen LogP contribution < -0.4 is 105 Å². The maximum Gasteiger partial charge on any atom is 1.00 e. The zero-order valence-corrected chi connectivity index (χ0v) is 32.2. The summed E-state index contributed by atoms with van der Waals surface area (Å²) < 4.78 is 114. The maximum absolute atomic E-state index is 12.4. The third kappa shape index (κ3) is 8.37. The Balaban J connectivity index is 0.00000235. The molecule has 0 atom stereocenters. The van der Waals surface area contributed by atoms with E-state index in [-0.39, 0.29) is 127 Å². The topological polar surface area (TPSA) is 248 Å². The van der Waals surface area contributed by atoms with Gasteiger partial charge in [-0.1, -0.05) is 30.3 Å². The van der Waals surface area contributed by atoms with Gasteiger partial charge in [-0.15, -0.1) is 0 Å². The van der Waals surface area contributed by atoms with Gasteiger partial charge < -0.3 is 24.1 Å². The predicted octanol–water partition coefficient (Wildman–Crippen LogP) is -7.58. The van der Waals surface area contributed by atoms with Crippen LogP contribution in [0, 0.1) is 0 Å². The van der Waals surface area contributed by atoms with Crippen molar-refractivity contribution in [3.8, 4) is 5.75 Å². The van der Waals surface area contributed by atoms with E-state index in [4.69, 9.17) is 10.5 Å². The van der Waals surface area contributed by atoms with Gasteiger partial charge in [0.25, 0.3) is 5.91 Å². The smallest absolute Gasteiger partial charge is 0.744 e. The van der Waals surface area contributed by atoms with E-state index in [2.05, 4.69) is 10.5 Å². The molecule has 0 heterocycles. The zero-order chi connectivity index (χ0) is 30.6. The van der Waals surface area contributed by atoms with E-state index < -0.39 is 57.6 Å². The maximum atomic E-state index is 12.4. The van der Waals surface area contributed by atoms with E-state index in [1.54, 1.807) is 24.3 Å². The van der Waals surface area contributed by atoms with Crippen LogP contribution in [-0.2, 0) is 35.1 Å². The van der Waals surface area contributed by atoms with Crippen molar-refractivity contribution in [2.75, 3.05) is 12.3 Å². The summed E-state index contributed by atoms with van der Waals surface area (Å²) in [6.07, 6.45) is 1.32. The molecule has 0 aliphatic heterocycles. The van der Waals surface area contributed by atoms with Gasteiger partial charge in [0.1, 0.15) is 36.1 Å². The molecule has 0 spiro atoms. The fourth-order valence-electron chi connectivity index (χ4n) is 4.54. The molecular weight excluding hydrogens is 683 g/mol. The normalized spacial score (nSPS) is 12.1. The van der Waals surface area contributed by atoms with E-state index >= 15 is 0 Å². The van der Waals surface area contributed by atoms with Crippen LogP contribution in [0.25, 0.3) is 32.3 Å².